The third kappa shape index (κ3) is 2.60. The predicted octanol–water partition coefficient (Wildman–Crippen LogP) is 3.25. The number of carbonyl (C=O) groups excluding carboxylic acids is 2. The van der Waals surface area contributed by atoms with Crippen LogP contribution in [0.5, 0.6) is 5.75 Å². The van der Waals surface area contributed by atoms with Crippen LogP contribution in [-0.2, 0) is 9.59 Å². The summed E-state index contributed by atoms with van der Waals surface area (Å²) in [4.78, 5) is 36.9. The number of nitro benzene ring substituents is 1. The zero-order valence-electron chi connectivity index (χ0n) is 17.1. The number of allylic oxidation sites excluding steroid dienone is 2. The second-order valence-electron chi connectivity index (χ2n) is 8.73. The number of hydrogen-bond donors (Lipinski definition) is 0. The van der Waals surface area contributed by atoms with Crippen molar-refractivity contribution in [1.82, 2.24) is 5.01 Å². The Morgan fingerprint density at radius 1 is 1.12 bits per heavy atom. The molecule has 0 unspecified atom stereocenters. The Balaban J connectivity index is 1.25. The fourth-order valence-corrected chi connectivity index (χ4v) is 5.73. The van der Waals surface area contributed by atoms with Crippen molar-refractivity contribution in [3.63, 3.8) is 0 Å². The Labute approximate surface area is 182 Å². The topological polar surface area (TPSA) is 115 Å². The van der Waals surface area contributed by atoms with Crippen molar-refractivity contribution in [2.75, 3.05) is 7.11 Å². The van der Waals surface area contributed by atoms with Gasteiger partial charge in [-0.3, -0.25) is 19.7 Å². The fourth-order valence-electron chi connectivity index (χ4n) is 5.73. The van der Waals surface area contributed by atoms with Crippen molar-refractivity contribution in [2.24, 2.45) is 40.6 Å². The number of hydrogen-bond acceptors (Lipinski definition) is 7. The van der Waals surface area contributed by atoms with Gasteiger partial charge in [0, 0.05) is 0 Å². The van der Waals surface area contributed by atoms with Gasteiger partial charge in [-0.1, -0.05) is 12.2 Å². The molecule has 1 aromatic heterocycles. The first-order valence-electron chi connectivity index (χ1n) is 10.5. The maximum absolute atomic E-state index is 13.0. The lowest BCUT2D eigenvalue weighted by Gasteiger charge is -2.37. The minimum atomic E-state index is -0.510. The van der Waals surface area contributed by atoms with Gasteiger partial charge in [-0.25, -0.2) is 0 Å². The van der Waals surface area contributed by atoms with Crippen LogP contribution in [-0.4, -0.2) is 35.1 Å². The number of benzene rings is 1. The molecule has 1 saturated heterocycles. The van der Waals surface area contributed by atoms with Gasteiger partial charge in [-0.15, -0.1) is 0 Å². The Kier molecular flexibility index (Phi) is 3.93. The second kappa shape index (κ2) is 6.62. The molecule has 0 N–H and O–H groups in total. The van der Waals surface area contributed by atoms with E-state index in [0.717, 1.165) is 11.4 Å². The number of hydrazone groups is 1. The van der Waals surface area contributed by atoms with E-state index in [1.54, 1.807) is 24.3 Å². The molecule has 0 spiro atoms. The number of ether oxygens (including phenoxy) is 1. The largest absolute Gasteiger partial charge is 0.497 e. The summed E-state index contributed by atoms with van der Waals surface area (Å²) < 4.78 is 10.8. The van der Waals surface area contributed by atoms with Gasteiger partial charge in [0.05, 0.1) is 41.7 Å². The van der Waals surface area contributed by atoms with E-state index in [2.05, 4.69) is 17.3 Å². The lowest BCUT2D eigenvalue weighted by molar-refractivity contribution is -0.384. The second-order valence-corrected chi connectivity index (χ2v) is 8.73. The summed E-state index contributed by atoms with van der Waals surface area (Å²) in [5.41, 5.74) is 0.134. The van der Waals surface area contributed by atoms with Crippen molar-refractivity contribution < 1.29 is 23.7 Å². The lowest BCUT2D eigenvalue weighted by Crippen LogP contribution is -2.40. The number of amides is 2. The molecule has 4 aliphatic carbocycles. The van der Waals surface area contributed by atoms with Crippen LogP contribution in [0.25, 0.3) is 11.3 Å². The monoisotopic (exact) mass is 433 g/mol. The zero-order chi connectivity index (χ0) is 22.1. The molecular formula is C23H19N3O6. The highest BCUT2D eigenvalue weighted by molar-refractivity contribution is 6.06. The maximum atomic E-state index is 13.0. The molecule has 32 heavy (non-hydrogen) atoms. The van der Waals surface area contributed by atoms with Crippen LogP contribution >= 0.6 is 0 Å². The highest BCUT2D eigenvalue weighted by Crippen LogP contribution is 2.65. The van der Waals surface area contributed by atoms with Crippen LogP contribution in [0.2, 0.25) is 0 Å². The van der Waals surface area contributed by atoms with Crippen LogP contribution in [0.4, 0.5) is 5.69 Å². The molecule has 162 valence electrons. The van der Waals surface area contributed by atoms with Crippen LogP contribution in [0.1, 0.15) is 12.2 Å². The van der Waals surface area contributed by atoms with Crippen LogP contribution in [0.3, 0.4) is 0 Å². The van der Waals surface area contributed by atoms with Gasteiger partial charge in [0.2, 0.25) is 0 Å². The summed E-state index contributed by atoms with van der Waals surface area (Å²) in [5.74, 6) is 1.12. The van der Waals surface area contributed by atoms with Gasteiger partial charge < -0.3 is 9.15 Å². The number of nitro groups is 1. The standard InChI is InChI=1S/C23H19N3O6/c1-31-11-2-4-15(18(8-11)26(29)30)19-7-3-12(32-19)10-24-25-22(27)20-13-5-6-14(17-9-16(13)17)21(20)23(25)28/h2-8,10,13-14,16-17,20-21H,9H2,1H3/t13-,14-,16-,17+,20-,21+/m0/s1. The van der Waals surface area contributed by atoms with Gasteiger partial charge in [-0.2, -0.15) is 10.1 Å². The van der Waals surface area contributed by atoms with Crippen LogP contribution < -0.4 is 4.74 Å². The predicted molar refractivity (Wildman–Crippen MR) is 111 cm³/mol. The molecule has 6 atom stereocenters. The van der Waals surface area contributed by atoms with Crippen molar-refractivity contribution >= 4 is 23.7 Å². The minimum Gasteiger partial charge on any atom is -0.497 e. The number of carbonyl (C=O) groups is 2. The van der Waals surface area contributed by atoms with Gasteiger partial charge >= 0.3 is 0 Å². The molecule has 7 rings (SSSR count). The van der Waals surface area contributed by atoms with Gasteiger partial charge in [-0.05, 0) is 54.4 Å². The molecule has 0 radical (unpaired) electrons. The average molecular weight is 433 g/mol. The summed E-state index contributed by atoms with van der Waals surface area (Å²) in [6.45, 7) is 0. The Morgan fingerprint density at radius 3 is 2.44 bits per heavy atom. The van der Waals surface area contributed by atoms with E-state index < -0.39 is 4.92 Å². The normalized spacial score (nSPS) is 31.8. The highest BCUT2D eigenvalue weighted by Gasteiger charge is 2.67. The molecule has 9 heteroatoms. The number of imide groups is 1. The summed E-state index contributed by atoms with van der Waals surface area (Å²) in [7, 11) is 1.43. The summed E-state index contributed by atoms with van der Waals surface area (Å²) in [6.07, 6.45) is 6.63. The van der Waals surface area contributed by atoms with E-state index in [0.29, 0.717) is 17.6 Å². The number of methoxy groups -OCH3 is 1. The van der Waals surface area contributed by atoms with Gasteiger partial charge in [0.1, 0.15) is 17.3 Å². The molecule has 2 saturated carbocycles. The van der Waals surface area contributed by atoms with E-state index in [-0.39, 0.29) is 58.3 Å². The fraction of sp³-hybridized carbons (Fsp3) is 0.348. The first-order chi connectivity index (χ1) is 15.5. The lowest BCUT2D eigenvalue weighted by atomic mass is 9.63. The van der Waals surface area contributed by atoms with E-state index in [9.17, 15) is 19.7 Å². The highest BCUT2D eigenvalue weighted by atomic mass is 16.6. The van der Waals surface area contributed by atoms with E-state index >= 15 is 0 Å². The van der Waals surface area contributed by atoms with Crippen molar-refractivity contribution in [3.8, 4) is 17.1 Å². The molecule has 2 bridgehead atoms. The molecule has 3 fully saturated rings. The molecule has 2 heterocycles. The number of rotatable bonds is 5. The zero-order valence-corrected chi connectivity index (χ0v) is 17.1. The third-order valence-electron chi connectivity index (χ3n) is 7.23. The molecule has 1 aromatic carbocycles. The Hall–Kier alpha value is -3.75. The van der Waals surface area contributed by atoms with E-state index in [4.69, 9.17) is 9.15 Å². The molecule has 1 aliphatic heterocycles. The quantitative estimate of drug-likeness (QED) is 0.235. The van der Waals surface area contributed by atoms with Crippen molar-refractivity contribution in [2.45, 2.75) is 6.42 Å². The van der Waals surface area contributed by atoms with Crippen LogP contribution in [0, 0.1) is 45.6 Å². The van der Waals surface area contributed by atoms with E-state index in [1.807, 2.05) is 0 Å². The summed E-state index contributed by atoms with van der Waals surface area (Å²) >= 11 is 0. The Morgan fingerprint density at radius 2 is 1.81 bits per heavy atom. The molecular weight excluding hydrogens is 414 g/mol. The first kappa shape index (κ1) is 19.0. The average Bonchev–Trinajstić information content (AvgIpc) is 3.44. The maximum Gasteiger partial charge on any atom is 0.284 e. The number of nitrogens with zero attached hydrogens (tertiary/aromatic N) is 3. The SMILES string of the molecule is COc1ccc(-c2ccc(C=NN3C(=O)[C@@H]4[C@H]5C=C[C@@H]([C@@H]6C[C@H]56)[C@@H]4C3=O)o2)c([N+](=O)[O-])c1. The Bertz CT molecular complexity index is 1190. The minimum absolute atomic E-state index is 0.137. The first-order valence-corrected chi connectivity index (χ1v) is 10.5. The van der Waals surface area contributed by atoms with Gasteiger partial charge in [0.15, 0.2) is 0 Å². The summed E-state index contributed by atoms with van der Waals surface area (Å²) in [5, 5.41) is 16.6. The van der Waals surface area contributed by atoms with Crippen molar-refractivity contribution in [1.29, 1.82) is 0 Å². The van der Waals surface area contributed by atoms with E-state index in [1.165, 1.54) is 19.4 Å². The molecule has 9 nitrogen and oxygen atoms in total. The molecule has 2 aromatic rings. The third-order valence-corrected chi connectivity index (χ3v) is 7.23. The smallest absolute Gasteiger partial charge is 0.284 e. The van der Waals surface area contributed by atoms with Crippen LogP contribution in [0.15, 0.2) is 52.0 Å². The van der Waals surface area contributed by atoms with Crippen molar-refractivity contribution in [3.05, 3.63) is 58.4 Å². The van der Waals surface area contributed by atoms with Gasteiger partial charge in [0.25, 0.3) is 17.5 Å². The summed E-state index contributed by atoms with van der Waals surface area (Å²) in [6, 6.07) is 7.65. The molecule has 5 aliphatic rings. The number of furan rings is 1. The molecule has 2 amide bonds.